The Balaban J connectivity index is 2.63. The lowest BCUT2D eigenvalue weighted by Crippen LogP contribution is -2.37. The number of carbonyl (C=O) groups is 1. The molecular formula is C15H23BrN2O2. The van der Waals surface area contributed by atoms with E-state index in [9.17, 15) is 4.79 Å². The predicted molar refractivity (Wildman–Crippen MR) is 84.9 cm³/mol. The lowest BCUT2D eigenvalue weighted by atomic mass is 10.1. The van der Waals surface area contributed by atoms with Crippen LogP contribution in [0.5, 0.6) is 5.75 Å². The molecule has 1 aromatic carbocycles. The first-order valence-corrected chi connectivity index (χ1v) is 7.81. The van der Waals surface area contributed by atoms with Gasteiger partial charge < -0.3 is 15.8 Å². The molecule has 0 aliphatic heterocycles. The number of nitrogens with two attached hydrogens (primary N) is 1. The number of benzene rings is 1. The molecule has 20 heavy (non-hydrogen) atoms. The highest BCUT2D eigenvalue weighted by atomic mass is 79.9. The Morgan fingerprint density at radius 3 is 2.70 bits per heavy atom. The second-order valence-corrected chi connectivity index (χ2v) is 5.49. The van der Waals surface area contributed by atoms with Crippen molar-refractivity contribution in [3.8, 4) is 5.75 Å². The van der Waals surface area contributed by atoms with Gasteiger partial charge in [0.15, 0.2) is 6.61 Å². The molecule has 0 saturated heterocycles. The van der Waals surface area contributed by atoms with Crippen LogP contribution in [0.1, 0.15) is 32.3 Å². The number of rotatable bonds is 8. The van der Waals surface area contributed by atoms with E-state index < -0.39 is 0 Å². The van der Waals surface area contributed by atoms with Crippen LogP contribution in [0.15, 0.2) is 22.7 Å². The van der Waals surface area contributed by atoms with E-state index in [4.69, 9.17) is 10.5 Å². The van der Waals surface area contributed by atoms with Crippen LogP contribution in [-0.2, 0) is 11.2 Å². The molecule has 0 spiro atoms. The Kier molecular flexibility index (Phi) is 7.62. The van der Waals surface area contributed by atoms with Crippen LogP contribution in [0.2, 0.25) is 0 Å². The Morgan fingerprint density at radius 1 is 1.40 bits per heavy atom. The maximum Gasteiger partial charge on any atom is 0.258 e. The number of amides is 1. The van der Waals surface area contributed by atoms with E-state index in [-0.39, 0.29) is 18.6 Å². The van der Waals surface area contributed by atoms with Gasteiger partial charge in [-0.15, -0.1) is 0 Å². The number of para-hydroxylation sites is 1. The minimum absolute atomic E-state index is 0.0245. The molecule has 0 aromatic heterocycles. The van der Waals surface area contributed by atoms with Gasteiger partial charge in [0.05, 0.1) is 4.47 Å². The van der Waals surface area contributed by atoms with Crippen LogP contribution in [0.4, 0.5) is 0 Å². The summed E-state index contributed by atoms with van der Waals surface area (Å²) in [7, 11) is 0. The zero-order valence-corrected chi connectivity index (χ0v) is 13.7. The van der Waals surface area contributed by atoms with Crippen LogP contribution in [0.25, 0.3) is 0 Å². The van der Waals surface area contributed by atoms with E-state index >= 15 is 0 Å². The first-order valence-electron chi connectivity index (χ1n) is 7.01. The van der Waals surface area contributed by atoms with E-state index in [2.05, 4.69) is 35.1 Å². The Morgan fingerprint density at radius 2 is 2.10 bits per heavy atom. The molecule has 0 atom stereocenters. The lowest BCUT2D eigenvalue weighted by molar-refractivity contribution is -0.123. The van der Waals surface area contributed by atoms with Gasteiger partial charge >= 0.3 is 0 Å². The fourth-order valence-corrected chi connectivity index (χ4v) is 2.49. The Hall–Kier alpha value is -1.07. The molecule has 1 rings (SSSR count). The molecule has 0 heterocycles. The topological polar surface area (TPSA) is 64.3 Å². The number of ether oxygens (including phenoxy) is 1. The normalized spacial score (nSPS) is 10.7. The van der Waals surface area contributed by atoms with Gasteiger partial charge in [-0.2, -0.15) is 0 Å². The fraction of sp³-hybridized carbons (Fsp3) is 0.533. The van der Waals surface area contributed by atoms with Crippen molar-refractivity contribution in [2.75, 3.05) is 13.2 Å². The van der Waals surface area contributed by atoms with Crippen molar-refractivity contribution in [1.29, 1.82) is 0 Å². The highest BCUT2D eigenvalue weighted by molar-refractivity contribution is 9.10. The Bertz CT molecular complexity index is 434. The van der Waals surface area contributed by atoms with E-state index in [1.165, 1.54) is 0 Å². The third-order valence-electron chi connectivity index (χ3n) is 3.16. The van der Waals surface area contributed by atoms with Gasteiger partial charge in [-0.1, -0.05) is 26.0 Å². The van der Waals surface area contributed by atoms with Gasteiger partial charge in [0.2, 0.25) is 0 Å². The summed E-state index contributed by atoms with van der Waals surface area (Å²) in [5.41, 5.74) is 6.60. The summed E-state index contributed by atoms with van der Waals surface area (Å²) in [5, 5.41) is 2.95. The van der Waals surface area contributed by atoms with Crippen molar-refractivity contribution >= 4 is 21.8 Å². The summed E-state index contributed by atoms with van der Waals surface area (Å²) in [6.45, 7) is 4.69. The summed E-state index contributed by atoms with van der Waals surface area (Å²) >= 11 is 3.45. The molecule has 1 aromatic rings. The summed E-state index contributed by atoms with van der Waals surface area (Å²) < 4.78 is 6.50. The van der Waals surface area contributed by atoms with Crippen molar-refractivity contribution in [3.63, 3.8) is 0 Å². The average molecular weight is 343 g/mol. The van der Waals surface area contributed by atoms with E-state index in [1.54, 1.807) is 0 Å². The van der Waals surface area contributed by atoms with E-state index in [0.29, 0.717) is 12.3 Å². The van der Waals surface area contributed by atoms with Gasteiger partial charge in [0.1, 0.15) is 5.75 Å². The zero-order valence-electron chi connectivity index (χ0n) is 12.1. The number of carbonyl (C=O) groups excluding carboxylic acids is 1. The predicted octanol–water partition coefficient (Wildman–Crippen LogP) is 2.63. The van der Waals surface area contributed by atoms with Crippen molar-refractivity contribution in [2.24, 2.45) is 5.73 Å². The standard InChI is InChI=1S/C15H23BrN2O2/c1-3-12(4-2)18-14(19)10-20-15-11(8-9-17)6-5-7-13(15)16/h5-7,12H,3-4,8-10,17H2,1-2H3,(H,18,19). The number of hydrogen-bond acceptors (Lipinski definition) is 3. The molecule has 0 saturated carbocycles. The highest BCUT2D eigenvalue weighted by Crippen LogP contribution is 2.29. The van der Waals surface area contributed by atoms with Crippen molar-refractivity contribution < 1.29 is 9.53 Å². The van der Waals surface area contributed by atoms with Crippen molar-refractivity contribution in [1.82, 2.24) is 5.32 Å². The maximum absolute atomic E-state index is 11.8. The molecule has 0 bridgehead atoms. The molecule has 5 heteroatoms. The summed E-state index contributed by atoms with van der Waals surface area (Å²) in [5.74, 6) is 0.616. The SMILES string of the molecule is CCC(CC)NC(=O)COc1c(Br)cccc1CCN. The zero-order chi connectivity index (χ0) is 15.0. The molecule has 0 radical (unpaired) electrons. The third-order valence-corrected chi connectivity index (χ3v) is 3.78. The molecule has 0 aliphatic carbocycles. The fourth-order valence-electron chi connectivity index (χ4n) is 1.97. The van der Waals surface area contributed by atoms with Crippen molar-refractivity contribution in [2.45, 2.75) is 39.2 Å². The molecule has 112 valence electrons. The summed E-state index contributed by atoms with van der Waals surface area (Å²) in [4.78, 5) is 11.8. The second-order valence-electron chi connectivity index (χ2n) is 4.64. The van der Waals surface area contributed by atoms with Crippen molar-refractivity contribution in [3.05, 3.63) is 28.2 Å². The largest absolute Gasteiger partial charge is 0.482 e. The lowest BCUT2D eigenvalue weighted by Gasteiger charge is -2.16. The van der Waals surface area contributed by atoms with Gasteiger partial charge in [-0.05, 0) is 53.4 Å². The first kappa shape index (κ1) is 17.0. The first-order chi connectivity index (χ1) is 9.62. The highest BCUT2D eigenvalue weighted by Gasteiger charge is 2.12. The number of nitrogens with one attached hydrogen (secondary N) is 1. The van der Waals surface area contributed by atoms with Gasteiger partial charge in [0, 0.05) is 6.04 Å². The molecule has 4 nitrogen and oxygen atoms in total. The van der Waals surface area contributed by atoms with Gasteiger partial charge in [-0.25, -0.2) is 0 Å². The van der Waals surface area contributed by atoms with Gasteiger partial charge in [-0.3, -0.25) is 4.79 Å². The minimum atomic E-state index is -0.0897. The third kappa shape index (κ3) is 5.13. The maximum atomic E-state index is 11.8. The van der Waals surface area contributed by atoms with Crippen LogP contribution in [0.3, 0.4) is 0 Å². The molecule has 1 amide bonds. The molecular weight excluding hydrogens is 320 g/mol. The summed E-state index contributed by atoms with van der Waals surface area (Å²) in [6, 6.07) is 6.01. The van der Waals surface area contributed by atoms with Crippen LogP contribution in [0, 0.1) is 0 Å². The minimum Gasteiger partial charge on any atom is -0.482 e. The Labute approximate surface area is 129 Å². The molecule has 3 N–H and O–H groups in total. The smallest absolute Gasteiger partial charge is 0.258 e. The van der Waals surface area contributed by atoms with E-state index in [0.717, 1.165) is 29.3 Å². The number of halogens is 1. The van der Waals surface area contributed by atoms with Crippen LogP contribution >= 0.6 is 15.9 Å². The van der Waals surface area contributed by atoms with Gasteiger partial charge in [0.25, 0.3) is 5.91 Å². The molecule has 0 aliphatic rings. The van der Waals surface area contributed by atoms with E-state index in [1.807, 2.05) is 18.2 Å². The van der Waals surface area contributed by atoms with Crippen LogP contribution < -0.4 is 15.8 Å². The second kappa shape index (κ2) is 8.97. The average Bonchev–Trinajstić information content (AvgIpc) is 2.44. The quantitative estimate of drug-likeness (QED) is 0.763. The number of hydrogen-bond donors (Lipinski definition) is 2. The molecule has 0 fully saturated rings. The monoisotopic (exact) mass is 342 g/mol. The molecule has 0 unspecified atom stereocenters. The van der Waals surface area contributed by atoms with Crippen LogP contribution in [-0.4, -0.2) is 25.1 Å². The summed E-state index contributed by atoms with van der Waals surface area (Å²) in [6.07, 6.45) is 2.58.